The molecule has 0 aromatic rings. The second kappa shape index (κ2) is 11.0. The van der Waals surface area contributed by atoms with Gasteiger partial charge >= 0.3 is 12.1 Å². The standard InChI is InChI=1S/C21H38F3NO/c1-7-8-9-10-12-17(2)15-20(6,16-19(3,4)5)13-11-14-25-18(26)21(22,23)24/h2,7-16H2,1,3-6H3,(H,25,26). The Morgan fingerprint density at radius 1 is 1.00 bits per heavy atom. The fourth-order valence-corrected chi connectivity index (χ4v) is 3.83. The molecule has 26 heavy (non-hydrogen) atoms. The number of carbonyl (C=O) groups excluding carboxylic acids is 1. The van der Waals surface area contributed by atoms with Crippen LogP contribution in [-0.2, 0) is 4.79 Å². The number of rotatable bonds is 12. The molecule has 1 amide bonds. The molecule has 0 saturated carbocycles. The van der Waals surface area contributed by atoms with E-state index >= 15 is 0 Å². The fraction of sp³-hybridized carbons (Fsp3) is 0.857. The SMILES string of the molecule is C=C(CCCCCC)CC(C)(CCCNC(=O)C(F)(F)F)CC(C)(C)C. The highest BCUT2D eigenvalue weighted by Gasteiger charge is 2.38. The maximum Gasteiger partial charge on any atom is 0.471 e. The average molecular weight is 378 g/mol. The summed E-state index contributed by atoms with van der Waals surface area (Å²) in [6.07, 6.45) is 4.21. The number of allylic oxidation sites excluding steroid dienone is 1. The molecule has 154 valence electrons. The molecule has 0 aliphatic heterocycles. The summed E-state index contributed by atoms with van der Waals surface area (Å²) in [6.45, 7) is 15.2. The van der Waals surface area contributed by atoms with Gasteiger partial charge in [0.1, 0.15) is 0 Å². The van der Waals surface area contributed by atoms with E-state index in [4.69, 9.17) is 0 Å². The van der Waals surface area contributed by atoms with Crippen molar-refractivity contribution in [3.63, 3.8) is 0 Å². The van der Waals surface area contributed by atoms with Crippen molar-refractivity contribution in [3.05, 3.63) is 12.2 Å². The van der Waals surface area contributed by atoms with Crippen molar-refractivity contribution in [2.24, 2.45) is 10.8 Å². The van der Waals surface area contributed by atoms with Crippen LogP contribution in [0.1, 0.15) is 92.4 Å². The molecule has 0 saturated heterocycles. The molecule has 1 atom stereocenters. The number of carbonyl (C=O) groups is 1. The van der Waals surface area contributed by atoms with Crippen molar-refractivity contribution in [2.45, 2.75) is 98.6 Å². The highest BCUT2D eigenvalue weighted by atomic mass is 19.4. The maximum absolute atomic E-state index is 12.3. The van der Waals surface area contributed by atoms with Gasteiger partial charge in [0.15, 0.2) is 0 Å². The van der Waals surface area contributed by atoms with Crippen molar-refractivity contribution < 1.29 is 18.0 Å². The molecule has 0 rings (SSSR count). The molecule has 0 bridgehead atoms. The van der Waals surface area contributed by atoms with Crippen LogP contribution in [0, 0.1) is 10.8 Å². The summed E-state index contributed by atoms with van der Waals surface area (Å²) in [7, 11) is 0. The monoisotopic (exact) mass is 377 g/mol. The van der Waals surface area contributed by atoms with E-state index in [2.05, 4.69) is 41.2 Å². The molecule has 0 heterocycles. The van der Waals surface area contributed by atoms with Gasteiger partial charge in [-0.25, -0.2) is 0 Å². The molecule has 0 aromatic carbocycles. The van der Waals surface area contributed by atoms with Crippen LogP contribution in [0.2, 0.25) is 0 Å². The molecule has 0 aliphatic rings. The van der Waals surface area contributed by atoms with Crippen LogP contribution in [0.4, 0.5) is 13.2 Å². The minimum absolute atomic E-state index is 0.0109. The Bertz CT molecular complexity index is 438. The normalized spacial score (nSPS) is 14.8. The van der Waals surface area contributed by atoms with Gasteiger partial charge in [-0.05, 0) is 49.4 Å². The molecule has 0 radical (unpaired) electrons. The smallest absolute Gasteiger partial charge is 0.348 e. The summed E-state index contributed by atoms with van der Waals surface area (Å²) in [6, 6.07) is 0. The van der Waals surface area contributed by atoms with E-state index in [0.717, 1.165) is 32.1 Å². The van der Waals surface area contributed by atoms with Crippen molar-refractivity contribution in [2.75, 3.05) is 6.54 Å². The van der Waals surface area contributed by atoms with Crippen LogP contribution in [0.5, 0.6) is 0 Å². The van der Waals surface area contributed by atoms with Crippen molar-refractivity contribution in [1.29, 1.82) is 0 Å². The van der Waals surface area contributed by atoms with E-state index in [1.165, 1.54) is 24.8 Å². The first-order valence-electron chi connectivity index (χ1n) is 9.81. The number of hydrogen-bond acceptors (Lipinski definition) is 1. The Hall–Kier alpha value is -1.00. The first-order chi connectivity index (χ1) is 11.8. The number of amides is 1. The lowest BCUT2D eigenvalue weighted by Crippen LogP contribution is -2.37. The van der Waals surface area contributed by atoms with Crippen LogP contribution in [0.25, 0.3) is 0 Å². The number of unbranched alkanes of at least 4 members (excludes halogenated alkanes) is 3. The Morgan fingerprint density at radius 2 is 1.62 bits per heavy atom. The van der Waals surface area contributed by atoms with Gasteiger partial charge in [-0.2, -0.15) is 13.2 Å². The summed E-state index contributed by atoms with van der Waals surface area (Å²) in [5.41, 5.74) is 1.35. The second-order valence-electron chi connectivity index (χ2n) is 9.14. The summed E-state index contributed by atoms with van der Waals surface area (Å²) in [5.74, 6) is -1.85. The predicted molar refractivity (Wildman–Crippen MR) is 103 cm³/mol. The van der Waals surface area contributed by atoms with Crippen LogP contribution >= 0.6 is 0 Å². The predicted octanol–water partition coefficient (Wildman–Crippen LogP) is 6.80. The highest BCUT2D eigenvalue weighted by Crippen LogP contribution is 2.42. The van der Waals surface area contributed by atoms with Gasteiger partial charge in [0.05, 0.1) is 0 Å². The van der Waals surface area contributed by atoms with E-state index in [0.29, 0.717) is 6.42 Å². The third kappa shape index (κ3) is 12.4. The van der Waals surface area contributed by atoms with Crippen molar-refractivity contribution >= 4 is 5.91 Å². The Balaban J connectivity index is 4.58. The molecular weight excluding hydrogens is 339 g/mol. The molecule has 0 fully saturated rings. The van der Waals surface area contributed by atoms with Crippen molar-refractivity contribution in [3.8, 4) is 0 Å². The molecule has 0 aliphatic carbocycles. The second-order valence-corrected chi connectivity index (χ2v) is 9.14. The molecule has 1 N–H and O–H groups in total. The third-order valence-corrected chi connectivity index (χ3v) is 4.52. The van der Waals surface area contributed by atoms with Gasteiger partial charge in [0.2, 0.25) is 0 Å². The average Bonchev–Trinajstić information content (AvgIpc) is 2.45. The Labute approximate surface area is 158 Å². The summed E-state index contributed by atoms with van der Waals surface area (Å²) in [5, 5.41) is 1.97. The first-order valence-corrected chi connectivity index (χ1v) is 9.81. The summed E-state index contributed by atoms with van der Waals surface area (Å²) < 4.78 is 36.8. The van der Waals surface area contributed by atoms with E-state index in [1.807, 2.05) is 5.32 Å². The van der Waals surface area contributed by atoms with E-state index in [9.17, 15) is 18.0 Å². The quantitative estimate of drug-likeness (QED) is 0.294. The van der Waals surface area contributed by atoms with E-state index in [1.54, 1.807) is 0 Å². The maximum atomic E-state index is 12.3. The zero-order chi connectivity index (χ0) is 20.4. The minimum atomic E-state index is -4.80. The van der Waals surface area contributed by atoms with E-state index in [-0.39, 0.29) is 17.4 Å². The van der Waals surface area contributed by atoms with Crippen LogP contribution < -0.4 is 5.32 Å². The summed E-state index contributed by atoms with van der Waals surface area (Å²) in [4.78, 5) is 10.9. The largest absolute Gasteiger partial charge is 0.471 e. The van der Waals surface area contributed by atoms with E-state index < -0.39 is 12.1 Å². The molecule has 2 nitrogen and oxygen atoms in total. The van der Waals surface area contributed by atoms with Crippen molar-refractivity contribution in [1.82, 2.24) is 5.32 Å². The van der Waals surface area contributed by atoms with Gasteiger partial charge in [-0.1, -0.05) is 66.0 Å². The lowest BCUT2D eigenvalue weighted by molar-refractivity contribution is -0.173. The number of nitrogens with one attached hydrogen (secondary N) is 1. The molecule has 0 spiro atoms. The minimum Gasteiger partial charge on any atom is -0.348 e. The van der Waals surface area contributed by atoms with Gasteiger partial charge in [-0.3, -0.25) is 4.79 Å². The zero-order valence-corrected chi connectivity index (χ0v) is 17.3. The van der Waals surface area contributed by atoms with Gasteiger partial charge in [0.25, 0.3) is 0 Å². The van der Waals surface area contributed by atoms with Gasteiger partial charge in [0, 0.05) is 6.54 Å². The number of hydrogen-bond donors (Lipinski definition) is 1. The third-order valence-electron chi connectivity index (χ3n) is 4.52. The topological polar surface area (TPSA) is 29.1 Å². The lowest BCUT2D eigenvalue weighted by atomic mass is 9.69. The molecule has 0 aromatic heterocycles. The molecular formula is C21H38F3NO. The van der Waals surface area contributed by atoms with Gasteiger partial charge < -0.3 is 5.32 Å². The highest BCUT2D eigenvalue weighted by molar-refractivity contribution is 5.81. The molecule has 1 unspecified atom stereocenters. The number of halogens is 3. The fourth-order valence-electron chi connectivity index (χ4n) is 3.83. The summed E-state index contributed by atoms with van der Waals surface area (Å²) >= 11 is 0. The van der Waals surface area contributed by atoms with Gasteiger partial charge in [-0.15, -0.1) is 0 Å². The lowest BCUT2D eigenvalue weighted by Gasteiger charge is -2.37. The Morgan fingerprint density at radius 3 is 2.12 bits per heavy atom. The van der Waals surface area contributed by atoms with Crippen LogP contribution in [-0.4, -0.2) is 18.6 Å². The zero-order valence-electron chi connectivity index (χ0n) is 17.3. The molecule has 5 heteroatoms. The van der Waals surface area contributed by atoms with Crippen LogP contribution in [0.15, 0.2) is 12.2 Å². The Kier molecular flexibility index (Phi) is 10.6. The first kappa shape index (κ1) is 25.0. The number of alkyl halides is 3. The van der Waals surface area contributed by atoms with Crippen LogP contribution in [0.3, 0.4) is 0 Å².